The number of pyridine rings is 1. The van der Waals surface area contributed by atoms with Gasteiger partial charge in [0.25, 0.3) is 5.91 Å². The van der Waals surface area contributed by atoms with Crippen molar-refractivity contribution in [2.24, 2.45) is 0 Å². The van der Waals surface area contributed by atoms with Gasteiger partial charge in [0.2, 0.25) is 0 Å². The third-order valence-corrected chi connectivity index (χ3v) is 3.97. The third kappa shape index (κ3) is 2.76. The highest BCUT2D eigenvalue weighted by molar-refractivity contribution is 14.1. The van der Waals surface area contributed by atoms with Crippen LogP contribution in [0, 0.1) is 3.57 Å². The molecule has 1 aromatic heterocycles. The van der Waals surface area contributed by atoms with Gasteiger partial charge in [-0.15, -0.1) is 0 Å². The van der Waals surface area contributed by atoms with E-state index < -0.39 is 0 Å². The summed E-state index contributed by atoms with van der Waals surface area (Å²) in [7, 11) is 1.62. The van der Waals surface area contributed by atoms with E-state index in [1.807, 2.05) is 48.5 Å². The summed E-state index contributed by atoms with van der Waals surface area (Å²) in [6, 6.07) is 17.9. The van der Waals surface area contributed by atoms with Crippen LogP contribution in [-0.2, 0) is 0 Å². The Morgan fingerprint density at radius 2 is 1.90 bits per heavy atom. The first kappa shape index (κ1) is 14.0. The van der Waals surface area contributed by atoms with Crippen LogP contribution in [0.15, 0.2) is 54.6 Å². The second kappa shape index (κ2) is 5.81. The fraction of sp³-hybridized carbons (Fsp3) is 0.0588. The van der Waals surface area contributed by atoms with Crippen molar-refractivity contribution in [2.45, 2.75) is 0 Å². The zero-order valence-electron chi connectivity index (χ0n) is 11.4. The van der Waals surface area contributed by atoms with Gasteiger partial charge in [-0.2, -0.15) is 0 Å². The third-order valence-electron chi connectivity index (χ3n) is 3.30. The number of fused-ring (bicyclic) bond motifs is 1. The number of carbonyl (C=O) groups excluding carboxylic acids is 1. The Morgan fingerprint density at radius 1 is 1.10 bits per heavy atom. The molecule has 2 aromatic carbocycles. The number of benzene rings is 2. The lowest BCUT2D eigenvalue weighted by molar-refractivity contribution is 0.0958. The normalized spacial score (nSPS) is 10.6. The first-order chi connectivity index (χ1) is 10.2. The molecule has 21 heavy (non-hydrogen) atoms. The molecule has 0 atom stereocenters. The maximum atomic E-state index is 11.9. The van der Waals surface area contributed by atoms with E-state index in [1.165, 1.54) is 0 Å². The molecule has 104 valence electrons. The molecule has 0 aliphatic carbocycles. The quantitative estimate of drug-likeness (QED) is 0.678. The fourth-order valence-corrected chi connectivity index (χ4v) is 2.84. The van der Waals surface area contributed by atoms with E-state index in [4.69, 9.17) is 0 Å². The highest BCUT2D eigenvalue weighted by atomic mass is 127. The van der Waals surface area contributed by atoms with Gasteiger partial charge in [-0.05, 0) is 46.2 Å². The van der Waals surface area contributed by atoms with Gasteiger partial charge in [-0.1, -0.05) is 36.4 Å². The van der Waals surface area contributed by atoms with Crippen molar-refractivity contribution in [3.8, 4) is 11.3 Å². The molecule has 1 N–H and O–H groups in total. The molecular formula is C17H13IN2O. The second-order valence-electron chi connectivity index (χ2n) is 4.67. The van der Waals surface area contributed by atoms with Crippen LogP contribution in [-0.4, -0.2) is 17.9 Å². The summed E-state index contributed by atoms with van der Waals surface area (Å²) in [6.07, 6.45) is 0. The van der Waals surface area contributed by atoms with Gasteiger partial charge < -0.3 is 5.32 Å². The smallest absolute Gasteiger partial charge is 0.269 e. The minimum Gasteiger partial charge on any atom is -0.354 e. The minimum atomic E-state index is -0.173. The van der Waals surface area contributed by atoms with E-state index in [-0.39, 0.29) is 5.91 Å². The molecule has 3 aromatic rings. The van der Waals surface area contributed by atoms with Gasteiger partial charge in [0.05, 0.1) is 5.69 Å². The van der Waals surface area contributed by atoms with Gasteiger partial charge in [-0.3, -0.25) is 4.79 Å². The molecule has 3 rings (SSSR count). The highest BCUT2D eigenvalue weighted by Crippen LogP contribution is 2.28. The van der Waals surface area contributed by atoms with Crippen molar-refractivity contribution in [2.75, 3.05) is 7.05 Å². The topological polar surface area (TPSA) is 42.0 Å². The molecule has 0 unspecified atom stereocenters. The molecule has 0 bridgehead atoms. The van der Waals surface area contributed by atoms with Crippen molar-refractivity contribution >= 4 is 39.3 Å². The van der Waals surface area contributed by atoms with E-state index in [1.54, 1.807) is 7.05 Å². The number of aromatic nitrogens is 1. The SMILES string of the molecule is CNC(=O)c1cc2ccccc2c(-c2cccc(I)c2)n1. The minimum absolute atomic E-state index is 0.173. The summed E-state index contributed by atoms with van der Waals surface area (Å²) < 4.78 is 1.14. The lowest BCUT2D eigenvalue weighted by atomic mass is 10.0. The molecule has 0 saturated carbocycles. The van der Waals surface area contributed by atoms with Gasteiger partial charge in [-0.25, -0.2) is 4.98 Å². The van der Waals surface area contributed by atoms with E-state index in [2.05, 4.69) is 39.0 Å². The van der Waals surface area contributed by atoms with Crippen LogP contribution in [0.5, 0.6) is 0 Å². The van der Waals surface area contributed by atoms with E-state index in [9.17, 15) is 4.79 Å². The average molecular weight is 388 g/mol. The second-order valence-corrected chi connectivity index (χ2v) is 5.91. The zero-order valence-corrected chi connectivity index (χ0v) is 13.6. The molecule has 4 heteroatoms. The molecule has 1 amide bonds. The number of nitrogens with one attached hydrogen (secondary N) is 1. The zero-order chi connectivity index (χ0) is 14.8. The highest BCUT2D eigenvalue weighted by Gasteiger charge is 2.12. The van der Waals surface area contributed by atoms with Crippen LogP contribution in [0.2, 0.25) is 0 Å². The van der Waals surface area contributed by atoms with Crippen molar-refractivity contribution in [1.82, 2.24) is 10.3 Å². The molecule has 0 spiro atoms. The summed E-state index contributed by atoms with van der Waals surface area (Å²) in [5.74, 6) is -0.173. The molecule has 3 nitrogen and oxygen atoms in total. The molecule has 0 fully saturated rings. The van der Waals surface area contributed by atoms with Crippen molar-refractivity contribution < 1.29 is 4.79 Å². The Bertz CT molecular complexity index is 830. The molecular weight excluding hydrogens is 375 g/mol. The molecule has 0 saturated heterocycles. The van der Waals surface area contributed by atoms with Crippen LogP contribution in [0.1, 0.15) is 10.5 Å². The summed E-state index contributed by atoms with van der Waals surface area (Å²) >= 11 is 2.28. The molecule has 0 radical (unpaired) electrons. The maximum Gasteiger partial charge on any atom is 0.269 e. The van der Waals surface area contributed by atoms with E-state index in [0.717, 1.165) is 25.6 Å². The summed E-state index contributed by atoms with van der Waals surface area (Å²) in [5, 5.41) is 4.70. The predicted octanol–water partition coefficient (Wildman–Crippen LogP) is 3.87. The van der Waals surface area contributed by atoms with Crippen LogP contribution < -0.4 is 5.32 Å². The van der Waals surface area contributed by atoms with Gasteiger partial charge >= 0.3 is 0 Å². The largest absolute Gasteiger partial charge is 0.354 e. The number of nitrogens with zero attached hydrogens (tertiary/aromatic N) is 1. The van der Waals surface area contributed by atoms with Crippen LogP contribution in [0.25, 0.3) is 22.0 Å². The van der Waals surface area contributed by atoms with Gasteiger partial charge in [0.1, 0.15) is 5.69 Å². The number of hydrogen-bond donors (Lipinski definition) is 1. The van der Waals surface area contributed by atoms with Crippen molar-refractivity contribution in [3.63, 3.8) is 0 Å². The van der Waals surface area contributed by atoms with E-state index in [0.29, 0.717) is 5.69 Å². The van der Waals surface area contributed by atoms with Crippen molar-refractivity contribution in [3.05, 3.63) is 63.9 Å². The monoisotopic (exact) mass is 388 g/mol. The van der Waals surface area contributed by atoms with Crippen LogP contribution >= 0.6 is 22.6 Å². The lowest BCUT2D eigenvalue weighted by Gasteiger charge is -2.09. The Labute approximate surface area is 136 Å². The Kier molecular flexibility index (Phi) is 3.88. The van der Waals surface area contributed by atoms with E-state index >= 15 is 0 Å². The van der Waals surface area contributed by atoms with Crippen LogP contribution in [0.4, 0.5) is 0 Å². The summed E-state index contributed by atoms with van der Waals surface area (Å²) in [4.78, 5) is 16.5. The standard InChI is InChI=1S/C17H13IN2O/c1-19-17(21)15-10-11-5-2-3-8-14(11)16(20-15)12-6-4-7-13(18)9-12/h2-10H,1H3,(H,19,21). The van der Waals surface area contributed by atoms with Crippen molar-refractivity contribution in [1.29, 1.82) is 0 Å². The number of hydrogen-bond acceptors (Lipinski definition) is 2. The number of carbonyl (C=O) groups is 1. The molecule has 0 aliphatic heterocycles. The Hall–Kier alpha value is -1.95. The first-order valence-electron chi connectivity index (χ1n) is 6.57. The Balaban J connectivity index is 2.31. The molecule has 1 heterocycles. The summed E-state index contributed by atoms with van der Waals surface area (Å²) in [5.41, 5.74) is 2.29. The lowest BCUT2D eigenvalue weighted by Crippen LogP contribution is -2.19. The van der Waals surface area contributed by atoms with Gasteiger partial charge in [0.15, 0.2) is 0 Å². The predicted molar refractivity (Wildman–Crippen MR) is 93.3 cm³/mol. The fourth-order valence-electron chi connectivity index (χ4n) is 2.30. The number of amides is 1. The summed E-state index contributed by atoms with van der Waals surface area (Å²) in [6.45, 7) is 0. The average Bonchev–Trinajstić information content (AvgIpc) is 2.53. The Morgan fingerprint density at radius 3 is 2.67 bits per heavy atom. The number of halogens is 1. The van der Waals surface area contributed by atoms with Gasteiger partial charge in [0, 0.05) is 21.6 Å². The maximum absolute atomic E-state index is 11.9. The number of rotatable bonds is 2. The van der Waals surface area contributed by atoms with Crippen LogP contribution in [0.3, 0.4) is 0 Å². The molecule has 0 aliphatic rings. The first-order valence-corrected chi connectivity index (χ1v) is 7.65.